The zero-order chi connectivity index (χ0) is 20.2. The van der Waals surface area contributed by atoms with Gasteiger partial charge >= 0.3 is 6.16 Å². The summed E-state index contributed by atoms with van der Waals surface area (Å²) in [4.78, 5) is 41.3. The summed E-state index contributed by atoms with van der Waals surface area (Å²) in [6.07, 6.45) is -0.319. The number of halogens is 1. The normalized spacial score (nSPS) is 20.2. The second-order valence-electron chi connectivity index (χ2n) is 7.26. The van der Waals surface area contributed by atoms with Gasteiger partial charge in [0.05, 0.1) is 21.8 Å². The summed E-state index contributed by atoms with van der Waals surface area (Å²) in [7, 11) is 0. The molecule has 0 aliphatic carbocycles. The molecular formula is C17H24ClN3O5S. The van der Waals surface area contributed by atoms with Crippen molar-refractivity contribution in [2.45, 2.75) is 51.8 Å². The Morgan fingerprint density at radius 1 is 1.33 bits per heavy atom. The van der Waals surface area contributed by atoms with Crippen LogP contribution < -0.4 is 10.6 Å². The molecule has 1 aliphatic heterocycles. The number of amides is 2. The molecule has 0 saturated carbocycles. The minimum Gasteiger partial charge on any atom is -0.427 e. The van der Waals surface area contributed by atoms with Crippen molar-refractivity contribution in [1.29, 1.82) is 0 Å². The molecule has 8 nitrogen and oxygen atoms in total. The van der Waals surface area contributed by atoms with Crippen LogP contribution >= 0.6 is 22.9 Å². The predicted octanol–water partition coefficient (Wildman–Crippen LogP) is 2.58. The van der Waals surface area contributed by atoms with Gasteiger partial charge in [-0.3, -0.25) is 9.59 Å². The van der Waals surface area contributed by atoms with Gasteiger partial charge in [0.25, 0.3) is 5.91 Å². The topological polar surface area (TPSA) is 97.0 Å². The third-order valence-electron chi connectivity index (χ3n) is 3.66. The molecule has 0 radical (unpaired) electrons. The zero-order valence-corrected chi connectivity index (χ0v) is 17.3. The first-order chi connectivity index (χ1) is 12.5. The van der Waals surface area contributed by atoms with Gasteiger partial charge in [-0.05, 0) is 39.3 Å². The van der Waals surface area contributed by atoms with Gasteiger partial charge in [0.2, 0.25) is 5.91 Å². The number of hydroxylamine groups is 2. The molecule has 0 aromatic carbocycles. The lowest BCUT2D eigenvalue weighted by atomic mass is 10.1. The van der Waals surface area contributed by atoms with E-state index in [4.69, 9.17) is 21.2 Å². The predicted molar refractivity (Wildman–Crippen MR) is 102 cm³/mol. The maximum atomic E-state index is 12.3. The Labute approximate surface area is 167 Å². The van der Waals surface area contributed by atoms with Crippen molar-refractivity contribution in [3.05, 3.63) is 21.3 Å². The van der Waals surface area contributed by atoms with Crippen molar-refractivity contribution in [3.63, 3.8) is 0 Å². The molecule has 1 aromatic heterocycles. The molecule has 2 rings (SSSR count). The molecule has 1 fully saturated rings. The zero-order valence-electron chi connectivity index (χ0n) is 15.7. The van der Waals surface area contributed by atoms with Crippen LogP contribution in [0.4, 0.5) is 4.79 Å². The second-order valence-corrected chi connectivity index (χ2v) is 8.97. The monoisotopic (exact) mass is 417 g/mol. The first-order valence-corrected chi connectivity index (χ1v) is 9.71. The third-order valence-corrected chi connectivity index (χ3v) is 4.89. The average molecular weight is 418 g/mol. The molecular weight excluding hydrogens is 394 g/mol. The molecule has 2 N–H and O–H groups in total. The largest absolute Gasteiger partial charge is 0.528 e. The van der Waals surface area contributed by atoms with Crippen LogP contribution in [0.1, 0.15) is 43.8 Å². The lowest BCUT2D eigenvalue weighted by Gasteiger charge is -2.25. The number of nitrogens with one attached hydrogen (secondary N) is 2. The average Bonchev–Trinajstić information content (AvgIpc) is 3.09. The molecule has 0 spiro atoms. The Balaban J connectivity index is 1.99. The molecule has 1 saturated heterocycles. The Morgan fingerprint density at radius 3 is 2.59 bits per heavy atom. The van der Waals surface area contributed by atoms with Crippen LogP contribution in [0.15, 0.2) is 12.1 Å². The number of carbonyl (C=O) groups excluding carboxylic acids is 3. The summed E-state index contributed by atoms with van der Waals surface area (Å²) in [5.74, 6) is -0.428. The number of ether oxygens (including phenoxy) is 1. The Morgan fingerprint density at radius 2 is 2.04 bits per heavy atom. The highest BCUT2D eigenvalue weighted by Crippen LogP contribution is 2.23. The first kappa shape index (κ1) is 21.5. The Hall–Kier alpha value is -1.84. The van der Waals surface area contributed by atoms with Crippen LogP contribution in [0.25, 0.3) is 0 Å². The molecule has 150 valence electrons. The van der Waals surface area contributed by atoms with Gasteiger partial charge in [0, 0.05) is 19.5 Å². The fourth-order valence-corrected chi connectivity index (χ4v) is 3.55. The minimum absolute atomic E-state index is 0.187. The van der Waals surface area contributed by atoms with E-state index in [-0.39, 0.29) is 37.0 Å². The smallest absolute Gasteiger partial charge is 0.427 e. The van der Waals surface area contributed by atoms with Gasteiger partial charge in [-0.15, -0.1) is 16.4 Å². The van der Waals surface area contributed by atoms with E-state index >= 15 is 0 Å². The van der Waals surface area contributed by atoms with Crippen molar-refractivity contribution >= 4 is 40.9 Å². The number of carbonyl (C=O) groups is 3. The number of hydrogen-bond acceptors (Lipinski definition) is 7. The number of rotatable bonds is 5. The number of nitrogens with zero attached hydrogens (tertiary/aromatic N) is 1. The Bertz CT molecular complexity index is 703. The standard InChI is InChI=1S/C17H24ClN3O5S/c1-10(22)19-8-12-7-11(20-15(23)13-5-6-14(18)27-13)9-21(12)26-16(24)25-17(2,3)4/h5-6,11-12H,7-9H2,1-4H3,(H,19,22)(H,20,23)/t11-,12+/m1/s1. The van der Waals surface area contributed by atoms with E-state index in [1.54, 1.807) is 32.9 Å². The fourth-order valence-electron chi connectivity index (χ4n) is 2.61. The molecule has 0 bridgehead atoms. The van der Waals surface area contributed by atoms with Gasteiger partial charge < -0.3 is 20.2 Å². The van der Waals surface area contributed by atoms with Crippen molar-refractivity contribution < 1.29 is 24.0 Å². The van der Waals surface area contributed by atoms with Crippen molar-refractivity contribution in [2.75, 3.05) is 13.1 Å². The molecule has 0 unspecified atom stereocenters. The van der Waals surface area contributed by atoms with Gasteiger partial charge in [0.1, 0.15) is 5.60 Å². The van der Waals surface area contributed by atoms with E-state index in [0.29, 0.717) is 15.6 Å². The van der Waals surface area contributed by atoms with E-state index in [1.165, 1.54) is 23.3 Å². The molecule has 1 aliphatic rings. The van der Waals surface area contributed by atoms with E-state index < -0.39 is 11.8 Å². The summed E-state index contributed by atoms with van der Waals surface area (Å²) in [6, 6.07) is 2.78. The van der Waals surface area contributed by atoms with Crippen molar-refractivity contribution in [2.24, 2.45) is 0 Å². The SMILES string of the molecule is CC(=O)NC[C@@H]1C[C@@H](NC(=O)c2ccc(Cl)s2)CN1OC(=O)OC(C)(C)C. The van der Waals surface area contributed by atoms with Gasteiger partial charge in [-0.2, -0.15) is 0 Å². The highest BCUT2D eigenvalue weighted by Gasteiger charge is 2.37. The number of hydrogen-bond donors (Lipinski definition) is 2. The van der Waals surface area contributed by atoms with Crippen LogP contribution in [-0.2, 0) is 14.4 Å². The fraction of sp³-hybridized carbons (Fsp3) is 0.588. The van der Waals surface area contributed by atoms with Crippen LogP contribution in [0.3, 0.4) is 0 Å². The summed E-state index contributed by atoms with van der Waals surface area (Å²) < 4.78 is 5.70. The van der Waals surface area contributed by atoms with Crippen molar-refractivity contribution in [1.82, 2.24) is 15.7 Å². The van der Waals surface area contributed by atoms with Gasteiger partial charge in [0.15, 0.2) is 0 Å². The van der Waals surface area contributed by atoms with E-state index in [2.05, 4.69) is 10.6 Å². The quantitative estimate of drug-likeness (QED) is 0.714. The van der Waals surface area contributed by atoms with Crippen LogP contribution in [0.2, 0.25) is 4.34 Å². The summed E-state index contributed by atoms with van der Waals surface area (Å²) in [5.41, 5.74) is -0.685. The third kappa shape index (κ3) is 7.00. The maximum Gasteiger partial charge on any atom is 0.528 e. The van der Waals surface area contributed by atoms with E-state index in [0.717, 1.165) is 0 Å². The Kier molecular flexibility index (Phi) is 7.07. The second kappa shape index (κ2) is 8.90. The summed E-state index contributed by atoms with van der Waals surface area (Å²) in [6.45, 7) is 7.20. The molecule has 2 amide bonds. The molecule has 1 aromatic rings. The highest BCUT2D eigenvalue weighted by atomic mass is 35.5. The molecule has 10 heteroatoms. The molecule has 27 heavy (non-hydrogen) atoms. The van der Waals surface area contributed by atoms with E-state index in [9.17, 15) is 14.4 Å². The van der Waals surface area contributed by atoms with Crippen LogP contribution in [0, 0.1) is 0 Å². The molecule has 2 heterocycles. The minimum atomic E-state index is -0.827. The molecule has 2 atom stereocenters. The summed E-state index contributed by atoms with van der Waals surface area (Å²) in [5, 5.41) is 7.05. The van der Waals surface area contributed by atoms with Crippen molar-refractivity contribution in [3.8, 4) is 0 Å². The highest BCUT2D eigenvalue weighted by molar-refractivity contribution is 7.18. The first-order valence-electron chi connectivity index (χ1n) is 8.51. The lowest BCUT2D eigenvalue weighted by molar-refractivity contribution is -0.150. The lowest BCUT2D eigenvalue weighted by Crippen LogP contribution is -2.41. The van der Waals surface area contributed by atoms with Crippen LogP contribution in [0.5, 0.6) is 0 Å². The maximum absolute atomic E-state index is 12.3. The number of thiophene rings is 1. The van der Waals surface area contributed by atoms with Gasteiger partial charge in [-0.1, -0.05) is 11.6 Å². The van der Waals surface area contributed by atoms with E-state index in [1.807, 2.05) is 0 Å². The van der Waals surface area contributed by atoms with Crippen LogP contribution in [-0.4, -0.2) is 53.8 Å². The summed E-state index contributed by atoms with van der Waals surface area (Å²) >= 11 is 7.06. The van der Waals surface area contributed by atoms with Gasteiger partial charge in [-0.25, -0.2) is 4.79 Å².